The summed E-state index contributed by atoms with van der Waals surface area (Å²) in [5.74, 6) is 1.65. The van der Waals surface area contributed by atoms with Crippen molar-refractivity contribution in [1.82, 2.24) is 10.6 Å². The topological polar surface area (TPSA) is 68.0 Å². The second kappa shape index (κ2) is 15.5. The third-order valence-corrected chi connectivity index (χ3v) is 3.54. The molecule has 1 aromatic carbocycles. The Labute approximate surface area is 178 Å². The first-order chi connectivity index (χ1) is 12.9. The number of nitrogens with one attached hydrogen (secondary N) is 2. The largest absolute Gasteiger partial charge is 0.467 e. The molecule has 27 heavy (non-hydrogen) atoms. The second-order valence-electron chi connectivity index (χ2n) is 5.71. The van der Waals surface area contributed by atoms with E-state index in [-0.39, 0.29) is 24.0 Å². The lowest BCUT2D eigenvalue weighted by Crippen LogP contribution is -2.39. The molecule has 0 fully saturated rings. The lowest BCUT2D eigenvalue weighted by atomic mass is 10.2. The zero-order valence-corrected chi connectivity index (χ0v) is 18.2. The summed E-state index contributed by atoms with van der Waals surface area (Å²) in [7, 11) is 0. The van der Waals surface area contributed by atoms with Crippen LogP contribution in [-0.4, -0.2) is 38.8 Å². The van der Waals surface area contributed by atoms with Crippen molar-refractivity contribution >= 4 is 29.9 Å². The van der Waals surface area contributed by atoms with Gasteiger partial charge in [-0.2, -0.15) is 0 Å². The predicted octanol–water partition coefficient (Wildman–Crippen LogP) is 3.58. The van der Waals surface area contributed by atoms with Crippen LogP contribution in [0.4, 0.5) is 0 Å². The molecule has 0 atom stereocenters. The number of nitrogens with zero attached hydrogens (tertiary/aromatic N) is 1. The normalized spacial score (nSPS) is 11.1. The summed E-state index contributed by atoms with van der Waals surface area (Å²) in [6.07, 6.45) is 2.52. The van der Waals surface area contributed by atoms with E-state index in [0.29, 0.717) is 39.5 Å². The Kier molecular flexibility index (Phi) is 13.4. The third kappa shape index (κ3) is 11.0. The van der Waals surface area contributed by atoms with Crippen molar-refractivity contribution in [1.29, 1.82) is 0 Å². The van der Waals surface area contributed by atoms with Crippen LogP contribution >= 0.6 is 24.0 Å². The molecule has 0 saturated carbocycles. The van der Waals surface area contributed by atoms with Crippen molar-refractivity contribution in [3.05, 3.63) is 60.1 Å². The van der Waals surface area contributed by atoms with Gasteiger partial charge in [0.15, 0.2) is 5.96 Å². The fourth-order valence-corrected chi connectivity index (χ4v) is 2.27. The molecule has 0 radical (unpaired) electrons. The Bertz CT molecular complexity index is 606. The van der Waals surface area contributed by atoms with Gasteiger partial charge in [0.1, 0.15) is 12.4 Å². The van der Waals surface area contributed by atoms with Crippen LogP contribution in [0.1, 0.15) is 24.7 Å². The molecule has 0 aliphatic carbocycles. The smallest absolute Gasteiger partial charge is 0.191 e. The number of guanidine groups is 1. The van der Waals surface area contributed by atoms with E-state index < -0.39 is 0 Å². The minimum atomic E-state index is 0. The van der Waals surface area contributed by atoms with E-state index in [9.17, 15) is 0 Å². The van der Waals surface area contributed by atoms with Crippen LogP contribution in [0.15, 0.2) is 58.1 Å². The molecule has 1 heterocycles. The average molecular weight is 487 g/mol. The fraction of sp³-hybridized carbons (Fsp3) is 0.450. The van der Waals surface area contributed by atoms with Crippen LogP contribution in [0.2, 0.25) is 0 Å². The van der Waals surface area contributed by atoms with Gasteiger partial charge in [0.25, 0.3) is 0 Å². The van der Waals surface area contributed by atoms with Gasteiger partial charge in [-0.25, -0.2) is 0 Å². The fourth-order valence-electron chi connectivity index (χ4n) is 2.27. The molecule has 0 spiro atoms. The molecule has 7 heteroatoms. The molecule has 0 amide bonds. The Hall–Kier alpha value is -1.58. The average Bonchev–Trinajstić information content (AvgIpc) is 3.18. The maximum Gasteiger partial charge on any atom is 0.191 e. The van der Waals surface area contributed by atoms with Crippen molar-refractivity contribution < 1.29 is 13.9 Å². The third-order valence-electron chi connectivity index (χ3n) is 3.54. The van der Waals surface area contributed by atoms with E-state index in [1.165, 1.54) is 5.56 Å². The van der Waals surface area contributed by atoms with Gasteiger partial charge >= 0.3 is 0 Å². The Morgan fingerprint density at radius 2 is 1.81 bits per heavy atom. The highest BCUT2D eigenvalue weighted by atomic mass is 127. The monoisotopic (exact) mass is 487 g/mol. The van der Waals surface area contributed by atoms with E-state index in [2.05, 4.69) is 34.7 Å². The lowest BCUT2D eigenvalue weighted by molar-refractivity contribution is 0.105. The summed E-state index contributed by atoms with van der Waals surface area (Å²) in [6, 6.07) is 13.9. The number of furan rings is 1. The number of hydrogen-bond donors (Lipinski definition) is 2. The van der Waals surface area contributed by atoms with Crippen LogP contribution < -0.4 is 10.6 Å². The number of rotatable bonds is 12. The molecule has 0 unspecified atom stereocenters. The highest BCUT2D eigenvalue weighted by Crippen LogP contribution is 2.02. The first kappa shape index (κ1) is 23.5. The second-order valence-corrected chi connectivity index (χ2v) is 5.71. The number of benzene rings is 1. The minimum Gasteiger partial charge on any atom is -0.467 e. The number of halogens is 1. The summed E-state index contributed by atoms with van der Waals surface area (Å²) in [5, 5.41) is 6.51. The molecular weight excluding hydrogens is 457 g/mol. The molecule has 150 valence electrons. The molecule has 0 aliphatic rings. The van der Waals surface area contributed by atoms with Crippen molar-refractivity contribution in [3.63, 3.8) is 0 Å². The van der Waals surface area contributed by atoms with Gasteiger partial charge in [-0.15, -0.1) is 24.0 Å². The van der Waals surface area contributed by atoms with Gasteiger partial charge in [-0.3, -0.25) is 4.99 Å². The summed E-state index contributed by atoms with van der Waals surface area (Å²) in [6.45, 7) is 6.72. The highest BCUT2D eigenvalue weighted by molar-refractivity contribution is 14.0. The van der Waals surface area contributed by atoms with Crippen molar-refractivity contribution in [2.75, 3.05) is 32.8 Å². The van der Waals surface area contributed by atoms with Crippen molar-refractivity contribution in [2.45, 2.75) is 26.6 Å². The van der Waals surface area contributed by atoms with Crippen molar-refractivity contribution in [3.8, 4) is 0 Å². The summed E-state index contributed by atoms with van der Waals surface area (Å²) in [4.78, 5) is 4.54. The van der Waals surface area contributed by atoms with E-state index in [1.807, 2.05) is 30.3 Å². The van der Waals surface area contributed by atoms with Gasteiger partial charge in [-0.1, -0.05) is 30.3 Å². The predicted molar refractivity (Wildman–Crippen MR) is 118 cm³/mol. The number of aliphatic imine (C=N–C) groups is 1. The van der Waals surface area contributed by atoms with Crippen LogP contribution in [0.5, 0.6) is 0 Å². The molecule has 1 aromatic heterocycles. The lowest BCUT2D eigenvalue weighted by Gasteiger charge is -2.11. The Balaban J connectivity index is 0.00000364. The van der Waals surface area contributed by atoms with E-state index >= 15 is 0 Å². The molecule has 2 aromatic rings. The maximum atomic E-state index is 5.67. The number of hydrogen-bond acceptors (Lipinski definition) is 4. The van der Waals surface area contributed by atoms with Crippen LogP contribution in [0.25, 0.3) is 0 Å². The summed E-state index contributed by atoms with van der Waals surface area (Å²) >= 11 is 0. The van der Waals surface area contributed by atoms with Crippen LogP contribution in [-0.2, 0) is 22.7 Å². The maximum absolute atomic E-state index is 5.67. The molecule has 0 saturated heterocycles. The van der Waals surface area contributed by atoms with Crippen LogP contribution in [0, 0.1) is 0 Å². The van der Waals surface area contributed by atoms with Gasteiger partial charge < -0.3 is 24.5 Å². The zero-order chi connectivity index (χ0) is 18.3. The molecule has 2 N–H and O–H groups in total. The minimum absolute atomic E-state index is 0. The van der Waals surface area contributed by atoms with E-state index in [4.69, 9.17) is 13.9 Å². The Morgan fingerprint density at radius 1 is 1.00 bits per heavy atom. The first-order valence-corrected chi connectivity index (χ1v) is 9.12. The van der Waals surface area contributed by atoms with Gasteiger partial charge in [-0.05, 0) is 31.0 Å². The molecule has 6 nitrogen and oxygen atoms in total. The molecule has 0 aliphatic heterocycles. The van der Waals surface area contributed by atoms with E-state index in [0.717, 1.165) is 24.7 Å². The highest BCUT2D eigenvalue weighted by Gasteiger charge is 1.98. The van der Waals surface area contributed by atoms with Gasteiger partial charge in [0.2, 0.25) is 0 Å². The molecule has 2 rings (SSSR count). The quantitative estimate of drug-likeness (QED) is 0.207. The van der Waals surface area contributed by atoms with E-state index in [1.54, 1.807) is 6.26 Å². The first-order valence-electron chi connectivity index (χ1n) is 9.12. The summed E-state index contributed by atoms with van der Waals surface area (Å²) in [5.41, 5.74) is 1.18. The van der Waals surface area contributed by atoms with Gasteiger partial charge in [0.05, 0.1) is 19.5 Å². The van der Waals surface area contributed by atoms with Crippen LogP contribution in [0.3, 0.4) is 0 Å². The SMILES string of the molecule is CCNC(=NCCCOCc1ccco1)NCCOCc1ccccc1.I. The van der Waals surface area contributed by atoms with Crippen molar-refractivity contribution in [2.24, 2.45) is 4.99 Å². The Morgan fingerprint density at radius 3 is 2.56 bits per heavy atom. The zero-order valence-electron chi connectivity index (χ0n) is 15.9. The summed E-state index contributed by atoms with van der Waals surface area (Å²) < 4.78 is 16.4. The van der Waals surface area contributed by atoms with Gasteiger partial charge in [0, 0.05) is 26.2 Å². The molecule has 0 bridgehead atoms. The standard InChI is InChI=1S/C20H29N3O3.HI/c1-2-21-20(22-11-7-13-24-17-19-10-6-14-26-19)23-12-15-25-16-18-8-4-3-5-9-18;/h3-6,8-10,14H,2,7,11-13,15-17H2,1H3,(H2,21,22,23);1H. The number of ether oxygens (including phenoxy) is 2. The molecular formula is C20H30IN3O3.